The summed E-state index contributed by atoms with van der Waals surface area (Å²) in [5, 5.41) is 24.2. The smallest absolute Gasteiger partial charge is 0.245 e. The van der Waals surface area contributed by atoms with Gasteiger partial charge in [-0.15, -0.1) is 0 Å². The maximum atomic E-state index is 8.06. The second kappa shape index (κ2) is 20.4. The summed E-state index contributed by atoms with van der Waals surface area (Å²) < 4.78 is 2.59. The van der Waals surface area contributed by atoms with Crippen LogP contribution in [0.3, 0.4) is 0 Å². The van der Waals surface area contributed by atoms with E-state index in [9.17, 15) is 0 Å². The predicted octanol–water partition coefficient (Wildman–Crippen LogP) is -0.0745. The minimum Gasteiger partial charge on any atom is -0.291 e. The third kappa shape index (κ3) is 65.9. The van der Waals surface area contributed by atoms with Crippen LogP contribution in [0.2, 0.25) is 0 Å². The van der Waals surface area contributed by atoms with Crippen LogP contribution in [0.5, 0.6) is 0 Å². The zero-order valence-corrected chi connectivity index (χ0v) is 12.9. The number of hydrogen-bond donors (Lipinski definition) is 6. The fraction of sp³-hybridized carbons (Fsp3) is 0.500. The van der Waals surface area contributed by atoms with Gasteiger partial charge in [-0.3, -0.25) is 15.6 Å². The number of thiol groups is 3. The van der Waals surface area contributed by atoms with Crippen molar-refractivity contribution in [1.29, 1.82) is 0 Å². The molecule has 0 fully saturated rings. The Morgan fingerprint density at radius 3 is 0.750 bits per heavy atom. The fourth-order valence-corrected chi connectivity index (χ4v) is 0. The summed E-state index contributed by atoms with van der Waals surface area (Å²) in [5.41, 5.74) is 3.75. The van der Waals surface area contributed by atoms with E-state index in [1.807, 2.05) is 0 Å². The molecule has 0 heterocycles. The summed E-state index contributed by atoms with van der Waals surface area (Å²) in [6.45, 7) is 0. The molecular weight excluding hydrogens is 314 g/mol. The van der Waals surface area contributed by atoms with Gasteiger partial charge >= 0.3 is 0 Å². The van der Waals surface area contributed by atoms with E-state index < -0.39 is 0 Å². The third-order valence-corrected chi connectivity index (χ3v) is 1.50. The fourth-order valence-electron chi connectivity index (χ4n) is 0. The normalized spacial score (nSPS) is 11.2. The molecule has 0 aliphatic rings. The van der Waals surface area contributed by atoms with Gasteiger partial charge in [0, 0.05) is 17.1 Å². The third-order valence-electron chi connectivity index (χ3n) is 0.501. The van der Waals surface area contributed by atoms with E-state index in [1.54, 1.807) is 0 Å². The first kappa shape index (κ1) is 25.0. The van der Waals surface area contributed by atoms with E-state index in [4.69, 9.17) is 15.6 Å². The van der Waals surface area contributed by atoms with E-state index in [0.29, 0.717) is 0 Å². The Morgan fingerprint density at radius 1 is 0.688 bits per heavy atom. The minimum absolute atomic E-state index is 0. The van der Waals surface area contributed by atoms with Gasteiger partial charge in [-0.05, 0) is 14.2 Å². The molecule has 0 aliphatic carbocycles. The molecule has 3 N–H and O–H groups in total. The van der Waals surface area contributed by atoms with Crippen molar-refractivity contribution < 1.29 is 46.9 Å². The molecule has 0 spiro atoms. The Labute approximate surface area is 122 Å². The van der Waals surface area contributed by atoms with Gasteiger partial charge in [0.1, 0.15) is 0 Å². The van der Waals surface area contributed by atoms with E-state index in [0.717, 1.165) is 14.2 Å². The van der Waals surface area contributed by atoms with Crippen molar-refractivity contribution in [2.45, 2.75) is 0 Å². The Balaban J connectivity index is -0.0000000655. The van der Waals surface area contributed by atoms with Crippen LogP contribution in [0.1, 0.15) is 0 Å². The molecule has 0 bridgehead atoms. The van der Waals surface area contributed by atoms with E-state index in [2.05, 4.69) is 37.9 Å². The summed E-state index contributed by atoms with van der Waals surface area (Å²) in [6, 6.07) is 0. The molecule has 0 unspecified atom stereocenters. The van der Waals surface area contributed by atoms with Gasteiger partial charge in [0.05, 0.1) is 0 Å². The maximum Gasteiger partial charge on any atom is 0.245 e. The van der Waals surface area contributed by atoms with E-state index >= 15 is 0 Å². The largest absolute Gasteiger partial charge is 0.291 e. The summed E-state index contributed by atoms with van der Waals surface area (Å²) in [7, 11) is 4.44. The second-order valence-electron chi connectivity index (χ2n) is 2.07. The first-order valence-electron chi connectivity index (χ1n) is 3.49. The summed E-state index contributed by atoms with van der Waals surface area (Å²) in [6.07, 6.45) is 0. The molecule has 0 aromatic carbocycles. The Kier molecular flexibility index (Phi) is 31.9. The average molecular weight is 332 g/mol. The molecular formula is C6H18FeN3O3S3+3. The Bertz CT molecular complexity index is 186. The van der Waals surface area contributed by atoms with Gasteiger partial charge < -0.3 is 0 Å². The van der Waals surface area contributed by atoms with Crippen molar-refractivity contribution in [2.75, 3.05) is 21.1 Å². The van der Waals surface area contributed by atoms with Crippen LogP contribution in [-0.4, -0.2) is 67.6 Å². The van der Waals surface area contributed by atoms with Crippen LogP contribution in [0.15, 0.2) is 0 Å². The van der Waals surface area contributed by atoms with Crippen molar-refractivity contribution in [3.05, 3.63) is 0 Å². The standard InChI is InChI=1S/3C2H5NOS.Fe/c3*1-3(4)2-5;/h3*2,4H,1H3;/p+3. The van der Waals surface area contributed by atoms with Crippen molar-refractivity contribution >= 4 is 54.5 Å². The molecule has 6 nitrogen and oxygen atoms in total. The van der Waals surface area contributed by atoms with Crippen LogP contribution in [0.4, 0.5) is 0 Å². The maximum absolute atomic E-state index is 8.06. The summed E-state index contributed by atoms with van der Waals surface area (Å²) >= 11 is 10.7. The number of hydroxylamine groups is 3. The van der Waals surface area contributed by atoms with Gasteiger partial charge in [-0.25, -0.2) is 0 Å². The zero-order chi connectivity index (χ0) is 12.9. The SMILES string of the molecule is C/[N+](O)=C/S.C/[N+](O)=C/S.C/[N+](O)=C/S.[Fe]. The van der Waals surface area contributed by atoms with Gasteiger partial charge in [-0.2, -0.15) is 0 Å². The number of hydrogen-bond acceptors (Lipinski definition) is 3. The molecule has 0 aromatic heterocycles. The van der Waals surface area contributed by atoms with Crippen LogP contribution in [0.25, 0.3) is 0 Å². The number of nitrogens with zero attached hydrogens (tertiary/aromatic N) is 3. The Hall–Kier alpha value is -0.0205. The molecule has 0 amide bonds. The molecule has 10 heteroatoms. The van der Waals surface area contributed by atoms with Gasteiger partial charge in [0.25, 0.3) is 0 Å². The van der Waals surface area contributed by atoms with Gasteiger partial charge in [-0.1, -0.05) is 37.9 Å². The van der Waals surface area contributed by atoms with Gasteiger partial charge in [0.2, 0.25) is 16.6 Å². The predicted molar refractivity (Wildman–Crippen MR) is 69.1 cm³/mol. The Morgan fingerprint density at radius 2 is 0.750 bits per heavy atom. The van der Waals surface area contributed by atoms with Crippen molar-refractivity contribution in [3.63, 3.8) is 0 Å². The average Bonchev–Trinajstić information content (AvgIpc) is 2.19. The first-order chi connectivity index (χ1) is 6.81. The molecule has 16 heavy (non-hydrogen) atoms. The van der Waals surface area contributed by atoms with E-state index in [-0.39, 0.29) is 17.1 Å². The van der Waals surface area contributed by atoms with Crippen LogP contribution in [0, 0.1) is 0 Å². The second-order valence-corrected chi connectivity index (χ2v) is 2.76. The van der Waals surface area contributed by atoms with Crippen molar-refractivity contribution in [2.24, 2.45) is 0 Å². The molecule has 0 rings (SSSR count). The summed E-state index contributed by atoms with van der Waals surface area (Å²) in [5.74, 6) is 0. The molecule has 0 radical (unpaired) electrons. The number of rotatable bonds is 0. The molecule has 0 saturated heterocycles. The summed E-state index contributed by atoms with van der Waals surface area (Å²) in [4.78, 5) is 0. The molecule has 0 saturated carbocycles. The van der Waals surface area contributed by atoms with Crippen molar-refractivity contribution in [3.8, 4) is 0 Å². The van der Waals surface area contributed by atoms with Gasteiger partial charge in [0.15, 0.2) is 21.1 Å². The zero-order valence-electron chi connectivity index (χ0n) is 9.11. The van der Waals surface area contributed by atoms with Crippen LogP contribution in [-0.2, 0) is 17.1 Å². The topological polar surface area (TPSA) is 69.7 Å². The van der Waals surface area contributed by atoms with Crippen LogP contribution >= 0.6 is 37.9 Å². The van der Waals surface area contributed by atoms with E-state index in [1.165, 1.54) is 37.8 Å². The molecule has 98 valence electrons. The molecule has 0 aromatic rings. The molecule has 0 atom stereocenters. The van der Waals surface area contributed by atoms with Crippen molar-refractivity contribution in [1.82, 2.24) is 0 Å². The molecule has 0 aliphatic heterocycles. The minimum atomic E-state index is 0. The first-order valence-corrected chi connectivity index (χ1v) is 5.04. The monoisotopic (exact) mass is 332 g/mol. The quantitative estimate of drug-likeness (QED) is 0.0716. The van der Waals surface area contributed by atoms with Crippen LogP contribution < -0.4 is 0 Å².